The van der Waals surface area contributed by atoms with Crippen molar-refractivity contribution in [2.24, 2.45) is 0 Å². The summed E-state index contributed by atoms with van der Waals surface area (Å²) >= 11 is 0. The van der Waals surface area contributed by atoms with Gasteiger partial charge in [0.15, 0.2) is 17.5 Å². The van der Waals surface area contributed by atoms with Gasteiger partial charge in [0.1, 0.15) is 11.2 Å². The van der Waals surface area contributed by atoms with Crippen LogP contribution in [-0.2, 0) is 0 Å². The van der Waals surface area contributed by atoms with Crippen LogP contribution >= 0.6 is 0 Å². The third kappa shape index (κ3) is 6.51. The van der Waals surface area contributed by atoms with E-state index < -0.39 is 0 Å². The summed E-state index contributed by atoms with van der Waals surface area (Å²) in [7, 11) is 0. The summed E-state index contributed by atoms with van der Waals surface area (Å²) in [6, 6.07) is 85.8. The van der Waals surface area contributed by atoms with Crippen molar-refractivity contribution in [1.29, 1.82) is 0 Å². The molecule has 0 atom stereocenters. The molecule has 11 aromatic carbocycles. The standard InChI is InChI=1S/C65H40N4O/c1-4-17-41(18-5-1)42-31-33-44(34-32-42)54-39-56-61(40-59(54)69-57-29-15-14-27-51(57)55-37-46-23-10-11-24-47(46)38-58(55)69)70-60-30-16-28-53(62(56)60)65-67-63(45-21-8-3-9-22-45)66-64(68-65)52-36-35-48(43-19-6-2-7-20-43)49-25-12-13-26-50(49)52/h1-40H. The molecule has 0 bridgehead atoms. The van der Waals surface area contributed by atoms with Crippen LogP contribution in [0.15, 0.2) is 247 Å². The fraction of sp³-hybridized carbons (Fsp3) is 0. The number of rotatable bonds is 7. The molecule has 0 saturated heterocycles. The molecule has 0 saturated carbocycles. The van der Waals surface area contributed by atoms with Crippen molar-refractivity contribution >= 4 is 65.3 Å². The Morgan fingerprint density at radius 2 is 0.829 bits per heavy atom. The second kappa shape index (κ2) is 16.1. The van der Waals surface area contributed by atoms with Crippen LogP contribution in [0.25, 0.3) is 139 Å². The predicted molar refractivity (Wildman–Crippen MR) is 289 cm³/mol. The average molecular weight is 893 g/mol. The van der Waals surface area contributed by atoms with Gasteiger partial charge in [0, 0.05) is 49.9 Å². The van der Waals surface area contributed by atoms with Gasteiger partial charge in [-0.3, -0.25) is 0 Å². The van der Waals surface area contributed by atoms with Crippen LogP contribution in [0.1, 0.15) is 0 Å². The minimum atomic E-state index is 0.570. The smallest absolute Gasteiger partial charge is 0.164 e. The minimum Gasteiger partial charge on any atom is -0.456 e. The van der Waals surface area contributed by atoms with Gasteiger partial charge in [-0.1, -0.05) is 200 Å². The highest BCUT2D eigenvalue weighted by atomic mass is 16.3. The van der Waals surface area contributed by atoms with E-state index in [1.54, 1.807) is 0 Å². The summed E-state index contributed by atoms with van der Waals surface area (Å²) in [5.41, 5.74) is 14.3. The zero-order valence-corrected chi connectivity index (χ0v) is 37.8. The van der Waals surface area contributed by atoms with Crippen molar-refractivity contribution < 1.29 is 4.42 Å². The molecule has 0 spiro atoms. The van der Waals surface area contributed by atoms with Crippen molar-refractivity contribution in [3.63, 3.8) is 0 Å². The molecule has 0 radical (unpaired) electrons. The lowest BCUT2D eigenvalue weighted by Crippen LogP contribution is -2.01. The SMILES string of the molecule is c1ccc(-c2ccc(-c3cc4c(cc3-n3c5ccccc5c5cc6ccccc6cc53)oc3cccc(-c5nc(-c6ccccc6)nc(-c6ccc(-c7ccccc7)c7ccccc67)n5)c34)cc2)cc1. The molecule has 3 heterocycles. The molecular formula is C65H40N4O. The molecule has 0 aliphatic rings. The van der Waals surface area contributed by atoms with E-state index in [0.29, 0.717) is 17.5 Å². The van der Waals surface area contributed by atoms with E-state index in [9.17, 15) is 0 Å². The highest BCUT2D eigenvalue weighted by Crippen LogP contribution is 2.44. The quantitative estimate of drug-likeness (QED) is 0.160. The molecule has 326 valence electrons. The molecule has 0 aliphatic heterocycles. The Morgan fingerprint density at radius 3 is 1.57 bits per heavy atom. The zero-order valence-electron chi connectivity index (χ0n) is 37.8. The number of hydrogen-bond acceptors (Lipinski definition) is 4. The highest BCUT2D eigenvalue weighted by Gasteiger charge is 2.23. The molecule has 0 fully saturated rings. The zero-order chi connectivity index (χ0) is 46.1. The van der Waals surface area contributed by atoms with E-state index in [0.717, 1.165) is 93.9 Å². The summed E-state index contributed by atoms with van der Waals surface area (Å²) in [6.07, 6.45) is 0. The van der Waals surface area contributed by atoms with Crippen LogP contribution in [0.2, 0.25) is 0 Å². The van der Waals surface area contributed by atoms with Crippen LogP contribution in [-0.4, -0.2) is 19.5 Å². The lowest BCUT2D eigenvalue weighted by atomic mass is 9.94. The van der Waals surface area contributed by atoms with Gasteiger partial charge in [-0.15, -0.1) is 0 Å². The molecule has 5 heteroatoms. The number of hydrogen-bond donors (Lipinski definition) is 0. The molecule has 0 aliphatic carbocycles. The summed E-state index contributed by atoms with van der Waals surface area (Å²) in [4.78, 5) is 15.9. The Labute approximate surface area is 403 Å². The van der Waals surface area contributed by atoms with Gasteiger partial charge >= 0.3 is 0 Å². The molecule has 14 aromatic rings. The monoisotopic (exact) mass is 892 g/mol. The summed E-state index contributed by atoms with van der Waals surface area (Å²) in [6.45, 7) is 0. The van der Waals surface area contributed by atoms with Gasteiger partial charge < -0.3 is 8.98 Å². The van der Waals surface area contributed by atoms with E-state index in [4.69, 9.17) is 19.4 Å². The Morgan fingerprint density at radius 1 is 0.286 bits per heavy atom. The molecule has 5 nitrogen and oxygen atoms in total. The molecule has 70 heavy (non-hydrogen) atoms. The number of fused-ring (bicyclic) bond motifs is 8. The lowest BCUT2D eigenvalue weighted by Gasteiger charge is -2.16. The van der Waals surface area contributed by atoms with Crippen molar-refractivity contribution in [2.45, 2.75) is 0 Å². The van der Waals surface area contributed by atoms with Gasteiger partial charge in [-0.25, -0.2) is 15.0 Å². The average Bonchev–Trinajstić information content (AvgIpc) is 3.97. The molecule has 0 unspecified atom stereocenters. The Hall–Kier alpha value is -9.45. The number of benzene rings is 11. The van der Waals surface area contributed by atoms with E-state index in [2.05, 4.69) is 223 Å². The third-order valence-electron chi connectivity index (χ3n) is 13.9. The van der Waals surface area contributed by atoms with Crippen molar-refractivity contribution in [3.8, 4) is 73.2 Å². The van der Waals surface area contributed by atoms with E-state index >= 15 is 0 Å². The maximum Gasteiger partial charge on any atom is 0.164 e. The molecule has 3 aromatic heterocycles. The normalized spacial score (nSPS) is 11.7. The second-order valence-electron chi connectivity index (χ2n) is 17.9. The first-order valence-corrected chi connectivity index (χ1v) is 23.7. The van der Waals surface area contributed by atoms with Crippen LogP contribution in [0.5, 0.6) is 0 Å². The minimum absolute atomic E-state index is 0.570. The van der Waals surface area contributed by atoms with Gasteiger partial charge in [0.25, 0.3) is 0 Å². The maximum absolute atomic E-state index is 6.97. The van der Waals surface area contributed by atoms with Gasteiger partial charge in [0.2, 0.25) is 0 Å². The Balaban J connectivity index is 1.02. The summed E-state index contributed by atoms with van der Waals surface area (Å²) in [5, 5.41) is 8.92. The van der Waals surface area contributed by atoms with Gasteiger partial charge in [-0.2, -0.15) is 0 Å². The maximum atomic E-state index is 6.97. The van der Waals surface area contributed by atoms with E-state index in [-0.39, 0.29) is 0 Å². The first kappa shape index (κ1) is 39.7. The first-order chi connectivity index (χ1) is 34.7. The molecule has 0 N–H and O–H groups in total. The van der Waals surface area contributed by atoms with E-state index in [1.165, 1.54) is 27.1 Å². The Bertz CT molecular complexity index is 4330. The predicted octanol–water partition coefficient (Wildman–Crippen LogP) is 17.2. The third-order valence-corrected chi connectivity index (χ3v) is 13.9. The topological polar surface area (TPSA) is 56.7 Å². The van der Waals surface area contributed by atoms with Crippen LogP contribution < -0.4 is 0 Å². The molecule has 14 rings (SSSR count). The van der Waals surface area contributed by atoms with Crippen LogP contribution in [0.4, 0.5) is 0 Å². The lowest BCUT2D eigenvalue weighted by molar-refractivity contribution is 0.668. The molecular weight excluding hydrogens is 853 g/mol. The van der Waals surface area contributed by atoms with Crippen LogP contribution in [0, 0.1) is 0 Å². The fourth-order valence-corrected chi connectivity index (χ4v) is 10.5. The Kier molecular flexibility index (Phi) is 9.14. The number of furan rings is 1. The van der Waals surface area contributed by atoms with Crippen LogP contribution in [0.3, 0.4) is 0 Å². The second-order valence-corrected chi connectivity index (χ2v) is 17.9. The summed E-state index contributed by atoms with van der Waals surface area (Å²) in [5.74, 6) is 1.77. The number of para-hydroxylation sites is 1. The number of aromatic nitrogens is 4. The van der Waals surface area contributed by atoms with Crippen molar-refractivity contribution in [1.82, 2.24) is 19.5 Å². The van der Waals surface area contributed by atoms with Crippen molar-refractivity contribution in [2.75, 3.05) is 0 Å². The van der Waals surface area contributed by atoms with Crippen molar-refractivity contribution in [3.05, 3.63) is 243 Å². The van der Waals surface area contributed by atoms with E-state index in [1.807, 2.05) is 24.3 Å². The fourth-order valence-electron chi connectivity index (χ4n) is 10.5. The number of nitrogens with zero attached hydrogens (tertiary/aromatic N) is 4. The highest BCUT2D eigenvalue weighted by molar-refractivity contribution is 6.17. The van der Waals surface area contributed by atoms with Gasteiger partial charge in [-0.05, 0) is 85.8 Å². The molecule has 0 amide bonds. The largest absolute Gasteiger partial charge is 0.456 e. The summed E-state index contributed by atoms with van der Waals surface area (Å²) < 4.78 is 9.39. The first-order valence-electron chi connectivity index (χ1n) is 23.7. The van der Waals surface area contributed by atoms with Gasteiger partial charge in [0.05, 0.1) is 16.7 Å².